The molecule has 0 heterocycles. The number of aromatic carboxylic acids is 1. The third-order valence-electron chi connectivity index (χ3n) is 2.75. The number of nitro benzene ring substituents is 1. The molecule has 1 N–H and O–H groups in total. The third kappa shape index (κ3) is 3.57. The number of hydrogen-bond acceptors (Lipinski definition) is 4. The molecule has 6 nitrogen and oxygen atoms in total. The number of hydrogen-bond donors (Lipinski definition) is 1. The topological polar surface area (TPSA) is 89.7 Å². The van der Waals surface area contributed by atoms with E-state index in [9.17, 15) is 14.9 Å². The molecule has 0 aliphatic carbocycles. The van der Waals surface area contributed by atoms with Gasteiger partial charge < -0.3 is 9.84 Å². The summed E-state index contributed by atoms with van der Waals surface area (Å²) in [5.41, 5.74) is 0.372. The lowest BCUT2D eigenvalue weighted by atomic mass is 10.1. The fourth-order valence-electron chi connectivity index (χ4n) is 1.77. The van der Waals surface area contributed by atoms with Crippen molar-refractivity contribution in [3.63, 3.8) is 0 Å². The van der Waals surface area contributed by atoms with Gasteiger partial charge in [0.25, 0.3) is 0 Å². The number of nitro groups is 1. The molecule has 21 heavy (non-hydrogen) atoms. The number of carbonyl (C=O) groups is 1. The number of halogens is 1. The molecule has 7 heteroatoms. The molecule has 0 radical (unpaired) electrons. The average molecular weight is 352 g/mol. The molecule has 0 unspecified atom stereocenters. The largest absolute Gasteiger partial charge is 0.482 e. The molecule has 0 aliphatic heterocycles. The molecule has 0 saturated carbocycles. The first kappa shape index (κ1) is 15.0. The monoisotopic (exact) mass is 351 g/mol. The van der Waals surface area contributed by atoms with Crippen LogP contribution in [-0.4, -0.2) is 16.0 Å². The molecule has 0 atom stereocenters. The molecule has 2 aromatic carbocycles. The molecule has 108 valence electrons. The number of ether oxygens (including phenoxy) is 1. The number of benzene rings is 2. The Balaban J connectivity index is 2.25. The Morgan fingerprint density at radius 3 is 2.67 bits per heavy atom. The molecular formula is C14H10BrNO5. The maximum absolute atomic E-state index is 11.1. The van der Waals surface area contributed by atoms with Crippen LogP contribution in [0.5, 0.6) is 5.75 Å². The van der Waals surface area contributed by atoms with Gasteiger partial charge in [-0.3, -0.25) is 10.1 Å². The highest BCUT2D eigenvalue weighted by Crippen LogP contribution is 2.30. The quantitative estimate of drug-likeness (QED) is 0.656. The van der Waals surface area contributed by atoms with Crippen molar-refractivity contribution in [3.8, 4) is 5.75 Å². The lowest BCUT2D eigenvalue weighted by Gasteiger charge is -2.09. The Morgan fingerprint density at radius 1 is 1.29 bits per heavy atom. The molecule has 0 fully saturated rings. The van der Waals surface area contributed by atoms with Crippen LogP contribution in [0.3, 0.4) is 0 Å². The Bertz CT molecular complexity index is 702. The van der Waals surface area contributed by atoms with E-state index in [0.717, 1.165) is 0 Å². The van der Waals surface area contributed by atoms with Crippen LogP contribution in [0, 0.1) is 10.1 Å². The average Bonchev–Trinajstić information content (AvgIpc) is 2.46. The van der Waals surface area contributed by atoms with Gasteiger partial charge in [-0.25, -0.2) is 4.79 Å². The summed E-state index contributed by atoms with van der Waals surface area (Å²) in [6, 6.07) is 10.8. The van der Waals surface area contributed by atoms with Crippen LogP contribution < -0.4 is 4.74 Å². The minimum absolute atomic E-state index is 0.0645. The van der Waals surface area contributed by atoms with Crippen LogP contribution in [0.25, 0.3) is 0 Å². The number of nitrogens with zero attached hydrogens (tertiary/aromatic N) is 1. The SMILES string of the molecule is O=C(O)c1ccccc1COc1ccc(Br)cc1[N+](=O)[O-]. The number of rotatable bonds is 5. The molecule has 0 aliphatic rings. The van der Waals surface area contributed by atoms with Gasteiger partial charge in [0, 0.05) is 16.1 Å². The first-order chi connectivity index (χ1) is 9.99. The lowest BCUT2D eigenvalue weighted by Crippen LogP contribution is -2.06. The minimum Gasteiger partial charge on any atom is -0.482 e. The number of carboxylic acid groups (broad SMARTS) is 1. The van der Waals surface area contributed by atoms with E-state index in [0.29, 0.717) is 10.0 Å². The molecule has 0 spiro atoms. The van der Waals surface area contributed by atoms with Crippen molar-refractivity contribution in [2.24, 2.45) is 0 Å². The summed E-state index contributed by atoms with van der Waals surface area (Å²) in [6.45, 7) is -0.0645. The zero-order chi connectivity index (χ0) is 15.4. The van der Waals surface area contributed by atoms with Crippen molar-refractivity contribution in [2.75, 3.05) is 0 Å². The van der Waals surface area contributed by atoms with E-state index in [4.69, 9.17) is 9.84 Å². The van der Waals surface area contributed by atoms with Gasteiger partial charge in [0.2, 0.25) is 0 Å². The zero-order valence-electron chi connectivity index (χ0n) is 10.7. The maximum atomic E-state index is 11.1. The molecule has 0 saturated heterocycles. The van der Waals surface area contributed by atoms with E-state index in [2.05, 4.69) is 15.9 Å². The Kier molecular flexibility index (Phi) is 4.54. The van der Waals surface area contributed by atoms with Crippen LogP contribution in [0.1, 0.15) is 15.9 Å². The summed E-state index contributed by atoms with van der Waals surface area (Å²) in [4.78, 5) is 21.5. The second-order valence-electron chi connectivity index (χ2n) is 4.12. The van der Waals surface area contributed by atoms with Crippen molar-refractivity contribution >= 4 is 27.6 Å². The van der Waals surface area contributed by atoms with Crippen LogP contribution in [-0.2, 0) is 6.61 Å². The first-order valence-electron chi connectivity index (χ1n) is 5.87. The van der Waals surface area contributed by atoms with Crippen LogP contribution >= 0.6 is 15.9 Å². The van der Waals surface area contributed by atoms with Crippen molar-refractivity contribution in [1.82, 2.24) is 0 Å². The normalized spacial score (nSPS) is 10.1. The molecule has 2 aromatic rings. The van der Waals surface area contributed by atoms with Gasteiger partial charge in [-0.1, -0.05) is 34.1 Å². The van der Waals surface area contributed by atoms with Crippen molar-refractivity contribution in [1.29, 1.82) is 0 Å². The highest BCUT2D eigenvalue weighted by molar-refractivity contribution is 9.10. The van der Waals surface area contributed by atoms with Crippen LogP contribution in [0.4, 0.5) is 5.69 Å². The van der Waals surface area contributed by atoms with Crippen molar-refractivity contribution < 1.29 is 19.6 Å². The van der Waals surface area contributed by atoms with Gasteiger partial charge in [-0.2, -0.15) is 0 Å². The van der Waals surface area contributed by atoms with Crippen molar-refractivity contribution in [3.05, 3.63) is 68.2 Å². The standard InChI is InChI=1S/C14H10BrNO5/c15-10-5-6-13(12(7-10)16(19)20)21-8-9-3-1-2-4-11(9)14(17)18/h1-7H,8H2,(H,17,18). The van der Waals surface area contributed by atoms with Crippen molar-refractivity contribution in [2.45, 2.75) is 6.61 Å². The zero-order valence-corrected chi connectivity index (χ0v) is 12.2. The summed E-state index contributed by atoms with van der Waals surface area (Å²) in [5.74, 6) is -0.983. The second kappa shape index (κ2) is 6.36. The van der Waals surface area contributed by atoms with E-state index >= 15 is 0 Å². The number of carboxylic acids is 1. The van der Waals surface area contributed by atoms with Gasteiger partial charge in [0.05, 0.1) is 10.5 Å². The van der Waals surface area contributed by atoms with E-state index in [-0.39, 0.29) is 23.6 Å². The first-order valence-corrected chi connectivity index (χ1v) is 6.66. The predicted octanol–water partition coefficient (Wildman–Crippen LogP) is 3.63. The molecule has 0 bridgehead atoms. The van der Waals surface area contributed by atoms with Gasteiger partial charge in [-0.15, -0.1) is 0 Å². The lowest BCUT2D eigenvalue weighted by molar-refractivity contribution is -0.386. The van der Waals surface area contributed by atoms with Crippen LogP contribution in [0.15, 0.2) is 46.9 Å². The summed E-state index contributed by atoms with van der Waals surface area (Å²) < 4.78 is 5.97. The Labute approximate surface area is 128 Å². The minimum atomic E-state index is -1.07. The molecule has 0 amide bonds. The maximum Gasteiger partial charge on any atom is 0.336 e. The van der Waals surface area contributed by atoms with Gasteiger partial charge in [0.15, 0.2) is 5.75 Å². The van der Waals surface area contributed by atoms with Gasteiger partial charge in [0.1, 0.15) is 6.61 Å². The molecular weight excluding hydrogens is 342 g/mol. The van der Waals surface area contributed by atoms with E-state index in [1.54, 1.807) is 24.3 Å². The van der Waals surface area contributed by atoms with Gasteiger partial charge >= 0.3 is 11.7 Å². The van der Waals surface area contributed by atoms with E-state index in [1.165, 1.54) is 18.2 Å². The Morgan fingerprint density at radius 2 is 2.00 bits per heavy atom. The fourth-order valence-corrected chi connectivity index (χ4v) is 2.11. The van der Waals surface area contributed by atoms with E-state index in [1.807, 2.05) is 0 Å². The van der Waals surface area contributed by atoms with Crippen LogP contribution in [0.2, 0.25) is 0 Å². The Hall–Kier alpha value is -2.41. The molecule has 2 rings (SSSR count). The highest BCUT2D eigenvalue weighted by atomic mass is 79.9. The highest BCUT2D eigenvalue weighted by Gasteiger charge is 2.17. The molecule has 0 aromatic heterocycles. The summed E-state index contributed by atoms with van der Waals surface area (Å²) >= 11 is 3.15. The summed E-state index contributed by atoms with van der Waals surface area (Å²) in [6.07, 6.45) is 0. The van der Waals surface area contributed by atoms with Gasteiger partial charge in [-0.05, 0) is 18.2 Å². The summed E-state index contributed by atoms with van der Waals surface area (Å²) in [5, 5.41) is 20.0. The smallest absolute Gasteiger partial charge is 0.336 e. The fraction of sp³-hybridized carbons (Fsp3) is 0.0714. The third-order valence-corrected chi connectivity index (χ3v) is 3.24. The van der Waals surface area contributed by atoms with E-state index < -0.39 is 10.9 Å². The second-order valence-corrected chi connectivity index (χ2v) is 5.04. The predicted molar refractivity (Wildman–Crippen MR) is 78.5 cm³/mol. The summed E-state index contributed by atoms with van der Waals surface area (Å²) in [7, 11) is 0.